The molecule has 1 aromatic carbocycles. The molecule has 0 aromatic heterocycles. The van der Waals surface area contributed by atoms with E-state index in [1.165, 1.54) is 12.1 Å². The average molecular weight is 340 g/mol. The summed E-state index contributed by atoms with van der Waals surface area (Å²) < 4.78 is 13.5. The molecule has 9 heteroatoms. The van der Waals surface area contributed by atoms with Crippen molar-refractivity contribution in [3.05, 3.63) is 39.9 Å². The predicted molar refractivity (Wildman–Crippen MR) is 86.5 cm³/mol. The molecular weight excluding hydrogens is 323 g/mol. The number of benzene rings is 1. The van der Waals surface area contributed by atoms with E-state index in [4.69, 9.17) is 12.2 Å². The molecular formula is C14H17FN4O3S. The van der Waals surface area contributed by atoms with Gasteiger partial charge in [-0.3, -0.25) is 25.8 Å². The molecule has 2 rings (SSSR count). The maximum Gasteiger partial charge on any atom is 0.269 e. The quantitative estimate of drug-likeness (QED) is 0.436. The lowest BCUT2D eigenvalue weighted by molar-refractivity contribution is -0.385. The Balaban J connectivity index is 2.13. The van der Waals surface area contributed by atoms with Gasteiger partial charge in [0.25, 0.3) is 5.69 Å². The fraction of sp³-hybridized carbons (Fsp3) is 0.429. The number of carbonyl (C=O) groups is 1. The molecule has 0 saturated heterocycles. The van der Waals surface area contributed by atoms with E-state index in [9.17, 15) is 19.3 Å². The van der Waals surface area contributed by atoms with Crippen LogP contribution in [0.5, 0.6) is 0 Å². The van der Waals surface area contributed by atoms with Gasteiger partial charge in [-0.1, -0.05) is 12.1 Å². The molecule has 0 unspecified atom stereocenters. The predicted octanol–water partition coefficient (Wildman–Crippen LogP) is 1.48. The molecule has 1 fully saturated rings. The van der Waals surface area contributed by atoms with Crippen molar-refractivity contribution >= 4 is 28.9 Å². The molecule has 1 amide bonds. The number of thiocarbonyl (C=S) groups is 1. The third-order valence-corrected chi connectivity index (χ3v) is 4.24. The highest BCUT2D eigenvalue weighted by Crippen LogP contribution is 2.48. The summed E-state index contributed by atoms with van der Waals surface area (Å²) in [6, 6.07) is 6.02. The lowest BCUT2D eigenvalue weighted by atomic mass is 9.61. The molecule has 23 heavy (non-hydrogen) atoms. The van der Waals surface area contributed by atoms with Crippen molar-refractivity contribution < 1.29 is 14.1 Å². The van der Waals surface area contributed by atoms with Crippen LogP contribution in [0.2, 0.25) is 0 Å². The second kappa shape index (κ2) is 6.86. The molecule has 0 bridgehead atoms. The van der Waals surface area contributed by atoms with Crippen molar-refractivity contribution in [3.63, 3.8) is 0 Å². The molecule has 0 radical (unpaired) electrons. The standard InChI is InChI=1S/C14H17FN4O3S/c1-16-13(23)18-17-12(20)8-14(6-10(15)7-14)9-3-2-4-11(5-9)19(21)22/h2-5,10H,6-8H2,1H3,(H,17,20)(H2,16,18,23). The number of rotatable bonds is 4. The number of carbonyl (C=O) groups excluding carboxylic acids is 1. The largest absolute Gasteiger partial charge is 0.364 e. The Morgan fingerprint density at radius 3 is 2.74 bits per heavy atom. The number of alkyl halides is 1. The van der Waals surface area contributed by atoms with Crippen LogP contribution in [-0.2, 0) is 10.2 Å². The minimum absolute atomic E-state index is 0.0217. The number of hydrogen-bond acceptors (Lipinski definition) is 4. The molecule has 0 atom stereocenters. The third kappa shape index (κ3) is 3.92. The first-order valence-corrected chi connectivity index (χ1v) is 7.43. The fourth-order valence-corrected chi connectivity index (χ4v) is 2.81. The van der Waals surface area contributed by atoms with Crippen LogP contribution in [0.15, 0.2) is 24.3 Å². The summed E-state index contributed by atoms with van der Waals surface area (Å²) in [7, 11) is 1.60. The van der Waals surface area contributed by atoms with Gasteiger partial charge in [0.1, 0.15) is 6.17 Å². The second-order valence-electron chi connectivity index (χ2n) is 5.52. The minimum atomic E-state index is -1.01. The smallest absolute Gasteiger partial charge is 0.269 e. The van der Waals surface area contributed by atoms with Crippen LogP contribution in [0.1, 0.15) is 24.8 Å². The van der Waals surface area contributed by atoms with Crippen LogP contribution >= 0.6 is 12.2 Å². The molecule has 0 heterocycles. The minimum Gasteiger partial charge on any atom is -0.364 e. The summed E-state index contributed by atoms with van der Waals surface area (Å²) in [5.74, 6) is -0.360. The van der Waals surface area contributed by atoms with Gasteiger partial charge < -0.3 is 5.32 Å². The van der Waals surface area contributed by atoms with Crippen molar-refractivity contribution in [3.8, 4) is 0 Å². The highest BCUT2D eigenvalue weighted by molar-refractivity contribution is 7.80. The van der Waals surface area contributed by atoms with Crippen molar-refractivity contribution in [2.24, 2.45) is 0 Å². The van der Waals surface area contributed by atoms with E-state index in [-0.39, 0.29) is 36.0 Å². The highest BCUT2D eigenvalue weighted by atomic mass is 32.1. The Morgan fingerprint density at radius 2 is 2.17 bits per heavy atom. The van der Waals surface area contributed by atoms with Crippen LogP contribution in [-0.4, -0.2) is 29.2 Å². The molecule has 124 valence electrons. The summed E-state index contributed by atoms with van der Waals surface area (Å²) in [6.07, 6.45) is -0.655. The number of hydrazine groups is 1. The average Bonchev–Trinajstić information content (AvgIpc) is 2.50. The third-order valence-electron chi connectivity index (χ3n) is 3.94. The maximum atomic E-state index is 13.5. The molecule has 0 aliphatic heterocycles. The number of non-ortho nitro benzene ring substituents is 1. The Labute approximate surface area is 137 Å². The van der Waals surface area contributed by atoms with Crippen LogP contribution in [0.4, 0.5) is 10.1 Å². The fourth-order valence-electron chi connectivity index (χ4n) is 2.76. The summed E-state index contributed by atoms with van der Waals surface area (Å²) in [5, 5.41) is 13.8. The normalized spacial score (nSPS) is 22.6. The Bertz CT molecular complexity index is 634. The monoisotopic (exact) mass is 340 g/mol. The Kier molecular flexibility index (Phi) is 5.09. The summed E-state index contributed by atoms with van der Waals surface area (Å²) in [5.41, 5.74) is 4.75. The van der Waals surface area contributed by atoms with Gasteiger partial charge in [0, 0.05) is 31.0 Å². The maximum absolute atomic E-state index is 13.5. The zero-order valence-corrected chi connectivity index (χ0v) is 13.3. The van der Waals surface area contributed by atoms with Gasteiger partial charge >= 0.3 is 0 Å². The van der Waals surface area contributed by atoms with Gasteiger partial charge in [-0.2, -0.15) is 0 Å². The summed E-state index contributed by atoms with van der Waals surface area (Å²) in [4.78, 5) is 22.5. The van der Waals surface area contributed by atoms with E-state index in [1.54, 1.807) is 19.2 Å². The number of hydrogen-bond donors (Lipinski definition) is 3. The lowest BCUT2D eigenvalue weighted by Gasteiger charge is -2.44. The zero-order chi connectivity index (χ0) is 17.0. The van der Waals surface area contributed by atoms with Crippen molar-refractivity contribution in [2.45, 2.75) is 30.8 Å². The zero-order valence-electron chi connectivity index (χ0n) is 12.5. The molecule has 1 aliphatic carbocycles. The van der Waals surface area contributed by atoms with E-state index < -0.39 is 16.5 Å². The Hall–Kier alpha value is -2.29. The van der Waals surface area contributed by atoms with Gasteiger partial charge in [0.15, 0.2) is 5.11 Å². The van der Waals surface area contributed by atoms with E-state index in [1.807, 2.05) is 0 Å². The first kappa shape index (κ1) is 17.1. The molecule has 1 aromatic rings. The molecule has 1 saturated carbocycles. The molecule has 7 nitrogen and oxygen atoms in total. The number of amides is 1. The number of nitro groups is 1. The first-order valence-electron chi connectivity index (χ1n) is 7.02. The Morgan fingerprint density at radius 1 is 1.48 bits per heavy atom. The molecule has 3 N–H and O–H groups in total. The first-order chi connectivity index (χ1) is 10.9. The number of halogens is 1. The van der Waals surface area contributed by atoms with Gasteiger partial charge in [-0.25, -0.2) is 4.39 Å². The van der Waals surface area contributed by atoms with Crippen molar-refractivity contribution in [1.29, 1.82) is 0 Å². The number of nitrogens with zero attached hydrogens (tertiary/aromatic N) is 1. The van der Waals surface area contributed by atoms with Gasteiger partial charge in [-0.05, 0) is 30.6 Å². The van der Waals surface area contributed by atoms with Gasteiger partial charge in [0.05, 0.1) is 4.92 Å². The van der Waals surface area contributed by atoms with Crippen LogP contribution < -0.4 is 16.2 Å². The number of nitrogens with one attached hydrogen (secondary N) is 3. The summed E-state index contributed by atoms with van der Waals surface area (Å²) in [6.45, 7) is 0. The van der Waals surface area contributed by atoms with Crippen LogP contribution in [0, 0.1) is 10.1 Å². The summed E-state index contributed by atoms with van der Waals surface area (Å²) >= 11 is 4.84. The van der Waals surface area contributed by atoms with Crippen LogP contribution in [0.25, 0.3) is 0 Å². The van der Waals surface area contributed by atoms with Crippen molar-refractivity contribution in [2.75, 3.05) is 7.05 Å². The topological polar surface area (TPSA) is 96.3 Å². The van der Waals surface area contributed by atoms with Crippen LogP contribution in [0.3, 0.4) is 0 Å². The number of nitro benzene ring substituents is 1. The van der Waals surface area contributed by atoms with E-state index in [2.05, 4.69) is 16.2 Å². The van der Waals surface area contributed by atoms with Gasteiger partial charge in [-0.15, -0.1) is 0 Å². The molecule has 0 spiro atoms. The van der Waals surface area contributed by atoms with E-state index in [0.717, 1.165) is 0 Å². The van der Waals surface area contributed by atoms with Gasteiger partial charge in [0.2, 0.25) is 5.91 Å². The van der Waals surface area contributed by atoms with E-state index in [0.29, 0.717) is 5.56 Å². The SMILES string of the molecule is CNC(=S)NNC(=O)CC1(c2cccc([N+](=O)[O-])c2)CC(F)C1. The molecule has 1 aliphatic rings. The highest BCUT2D eigenvalue weighted by Gasteiger charge is 2.47. The van der Waals surface area contributed by atoms with E-state index >= 15 is 0 Å². The lowest BCUT2D eigenvalue weighted by Crippen LogP contribution is -2.50. The van der Waals surface area contributed by atoms with Crippen molar-refractivity contribution in [1.82, 2.24) is 16.2 Å². The second-order valence-corrected chi connectivity index (χ2v) is 5.93.